The molecule has 1 aliphatic rings. The van der Waals surface area contributed by atoms with Gasteiger partial charge in [-0.3, -0.25) is 0 Å². The average Bonchev–Trinajstić information content (AvgIpc) is 2.55. The van der Waals surface area contributed by atoms with Crippen LogP contribution in [0.15, 0.2) is 23.1 Å². The SMILES string of the molecule is CCCNC(=O)N1CCN(S(=O)(=O)c2ccc(C)c(Cl)c2)CC1. The summed E-state index contributed by atoms with van der Waals surface area (Å²) < 4.78 is 26.7. The number of nitrogens with one attached hydrogen (secondary N) is 1. The van der Waals surface area contributed by atoms with Gasteiger partial charge in [0.2, 0.25) is 10.0 Å². The van der Waals surface area contributed by atoms with Crippen molar-refractivity contribution in [1.82, 2.24) is 14.5 Å². The number of hydrogen-bond donors (Lipinski definition) is 1. The third-order valence-corrected chi connectivity index (χ3v) is 6.13. The van der Waals surface area contributed by atoms with Crippen molar-refractivity contribution in [1.29, 1.82) is 0 Å². The minimum atomic E-state index is -3.58. The molecule has 0 aliphatic carbocycles. The lowest BCUT2D eigenvalue weighted by atomic mass is 10.2. The van der Waals surface area contributed by atoms with E-state index in [-0.39, 0.29) is 24.0 Å². The first-order valence-corrected chi connectivity index (χ1v) is 9.47. The number of aryl methyl sites for hydroxylation is 1. The summed E-state index contributed by atoms with van der Waals surface area (Å²) in [4.78, 5) is 13.7. The Morgan fingerprint density at radius 1 is 1.26 bits per heavy atom. The first-order valence-electron chi connectivity index (χ1n) is 7.65. The van der Waals surface area contributed by atoms with Crippen LogP contribution in [0.2, 0.25) is 5.02 Å². The molecule has 1 fully saturated rings. The van der Waals surface area contributed by atoms with E-state index in [1.165, 1.54) is 10.4 Å². The standard InChI is InChI=1S/C15H22ClN3O3S/c1-3-6-17-15(20)18-7-9-19(10-8-18)23(21,22)13-5-4-12(2)14(16)11-13/h4-5,11H,3,6-10H2,1-2H3,(H,17,20). The highest BCUT2D eigenvalue weighted by Crippen LogP contribution is 2.23. The van der Waals surface area contributed by atoms with Gasteiger partial charge in [0, 0.05) is 37.7 Å². The number of hydrogen-bond acceptors (Lipinski definition) is 3. The van der Waals surface area contributed by atoms with Crippen molar-refractivity contribution in [2.45, 2.75) is 25.2 Å². The number of nitrogens with zero attached hydrogens (tertiary/aromatic N) is 2. The fourth-order valence-electron chi connectivity index (χ4n) is 2.36. The molecule has 0 bridgehead atoms. The summed E-state index contributed by atoms with van der Waals surface area (Å²) in [6.45, 7) is 5.77. The number of halogens is 1. The molecule has 1 aromatic carbocycles. The van der Waals surface area contributed by atoms with Crippen molar-refractivity contribution in [2.75, 3.05) is 32.7 Å². The Hall–Kier alpha value is -1.31. The maximum absolute atomic E-state index is 12.6. The van der Waals surface area contributed by atoms with Crippen LogP contribution in [0.1, 0.15) is 18.9 Å². The largest absolute Gasteiger partial charge is 0.338 e. The number of benzene rings is 1. The van der Waals surface area contributed by atoms with E-state index in [2.05, 4.69) is 5.32 Å². The first-order chi connectivity index (χ1) is 10.9. The van der Waals surface area contributed by atoms with Crippen molar-refractivity contribution in [3.63, 3.8) is 0 Å². The van der Waals surface area contributed by atoms with E-state index in [0.29, 0.717) is 24.7 Å². The number of carbonyl (C=O) groups excluding carboxylic acids is 1. The Labute approximate surface area is 142 Å². The number of piperazine rings is 1. The minimum Gasteiger partial charge on any atom is -0.338 e. The van der Waals surface area contributed by atoms with Crippen LogP contribution in [-0.4, -0.2) is 56.4 Å². The molecular formula is C15H22ClN3O3S. The summed E-state index contributed by atoms with van der Waals surface area (Å²) in [5, 5.41) is 3.24. The molecule has 2 amide bonds. The molecule has 23 heavy (non-hydrogen) atoms. The third-order valence-electron chi connectivity index (χ3n) is 3.83. The van der Waals surface area contributed by atoms with E-state index in [0.717, 1.165) is 12.0 Å². The monoisotopic (exact) mass is 359 g/mol. The highest BCUT2D eigenvalue weighted by Gasteiger charge is 2.30. The Kier molecular flexibility index (Phi) is 5.89. The highest BCUT2D eigenvalue weighted by atomic mass is 35.5. The number of urea groups is 1. The molecule has 1 aliphatic heterocycles. The lowest BCUT2D eigenvalue weighted by Crippen LogP contribution is -2.53. The predicted molar refractivity (Wildman–Crippen MR) is 90.2 cm³/mol. The fraction of sp³-hybridized carbons (Fsp3) is 0.533. The Morgan fingerprint density at radius 3 is 2.48 bits per heavy atom. The molecule has 0 unspecified atom stereocenters. The van der Waals surface area contributed by atoms with Gasteiger partial charge in [-0.1, -0.05) is 24.6 Å². The molecule has 1 N–H and O–H groups in total. The third kappa shape index (κ3) is 4.16. The maximum Gasteiger partial charge on any atom is 0.317 e. The molecule has 128 valence electrons. The van der Waals surface area contributed by atoms with Crippen LogP contribution >= 0.6 is 11.6 Å². The van der Waals surface area contributed by atoms with E-state index >= 15 is 0 Å². The van der Waals surface area contributed by atoms with Gasteiger partial charge >= 0.3 is 6.03 Å². The number of carbonyl (C=O) groups is 1. The Bertz CT molecular complexity index is 671. The topological polar surface area (TPSA) is 69.7 Å². The number of rotatable bonds is 4. The minimum absolute atomic E-state index is 0.137. The van der Waals surface area contributed by atoms with Crippen molar-refractivity contribution in [2.24, 2.45) is 0 Å². The zero-order valence-electron chi connectivity index (χ0n) is 13.4. The molecule has 0 radical (unpaired) electrons. The van der Waals surface area contributed by atoms with Gasteiger partial charge in [-0.15, -0.1) is 0 Å². The molecule has 8 heteroatoms. The average molecular weight is 360 g/mol. The first kappa shape index (κ1) is 18.0. The van der Waals surface area contributed by atoms with Gasteiger partial charge in [0.05, 0.1) is 4.90 Å². The Balaban J connectivity index is 2.03. The zero-order valence-corrected chi connectivity index (χ0v) is 15.0. The van der Waals surface area contributed by atoms with Gasteiger partial charge in [0.25, 0.3) is 0 Å². The molecule has 0 atom stereocenters. The molecular weight excluding hydrogens is 338 g/mol. The quantitative estimate of drug-likeness (QED) is 0.894. The van der Waals surface area contributed by atoms with Crippen LogP contribution < -0.4 is 5.32 Å². The normalized spacial score (nSPS) is 16.4. The van der Waals surface area contributed by atoms with E-state index in [1.807, 2.05) is 13.8 Å². The van der Waals surface area contributed by atoms with Crippen LogP contribution in [0.4, 0.5) is 4.79 Å². The van der Waals surface area contributed by atoms with E-state index < -0.39 is 10.0 Å². The number of sulfonamides is 1. The predicted octanol–water partition coefficient (Wildman–Crippen LogP) is 2.07. The van der Waals surface area contributed by atoms with Crippen molar-refractivity contribution >= 4 is 27.7 Å². The van der Waals surface area contributed by atoms with Crippen LogP contribution in [0.5, 0.6) is 0 Å². The Morgan fingerprint density at radius 2 is 1.91 bits per heavy atom. The fourth-order valence-corrected chi connectivity index (χ4v) is 4.05. The van der Waals surface area contributed by atoms with Gasteiger partial charge in [0.15, 0.2) is 0 Å². The van der Waals surface area contributed by atoms with E-state index in [4.69, 9.17) is 11.6 Å². The molecule has 1 saturated heterocycles. The molecule has 1 aromatic rings. The van der Waals surface area contributed by atoms with Crippen LogP contribution in [0.3, 0.4) is 0 Å². The zero-order chi connectivity index (χ0) is 17.0. The number of amides is 2. The smallest absolute Gasteiger partial charge is 0.317 e. The van der Waals surface area contributed by atoms with Gasteiger partial charge in [0.1, 0.15) is 0 Å². The van der Waals surface area contributed by atoms with Crippen LogP contribution in [-0.2, 0) is 10.0 Å². The van der Waals surface area contributed by atoms with Gasteiger partial charge < -0.3 is 10.2 Å². The lowest BCUT2D eigenvalue weighted by Gasteiger charge is -2.34. The van der Waals surface area contributed by atoms with Crippen LogP contribution in [0, 0.1) is 6.92 Å². The van der Waals surface area contributed by atoms with Crippen molar-refractivity contribution < 1.29 is 13.2 Å². The van der Waals surface area contributed by atoms with Crippen LogP contribution in [0.25, 0.3) is 0 Å². The van der Waals surface area contributed by atoms with Gasteiger partial charge in [-0.05, 0) is 31.0 Å². The van der Waals surface area contributed by atoms with Crippen molar-refractivity contribution in [3.05, 3.63) is 28.8 Å². The summed E-state index contributed by atoms with van der Waals surface area (Å²) in [5.74, 6) is 0. The molecule has 0 spiro atoms. The second-order valence-corrected chi connectivity index (χ2v) is 7.88. The molecule has 0 aromatic heterocycles. The summed E-state index contributed by atoms with van der Waals surface area (Å²) in [7, 11) is -3.58. The second kappa shape index (κ2) is 7.51. The lowest BCUT2D eigenvalue weighted by molar-refractivity contribution is 0.172. The molecule has 6 nitrogen and oxygen atoms in total. The van der Waals surface area contributed by atoms with Gasteiger partial charge in [-0.25, -0.2) is 13.2 Å². The molecule has 1 heterocycles. The van der Waals surface area contributed by atoms with E-state index in [1.54, 1.807) is 17.0 Å². The second-order valence-electron chi connectivity index (χ2n) is 5.53. The van der Waals surface area contributed by atoms with Gasteiger partial charge in [-0.2, -0.15) is 4.31 Å². The summed E-state index contributed by atoms with van der Waals surface area (Å²) >= 11 is 6.03. The molecule has 0 saturated carbocycles. The van der Waals surface area contributed by atoms with Crippen molar-refractivity contribution in [3.8, 4) is 0 Å². The highest BCUT2D eigenvalue weighted by molar-refractivity contribution is 7.89. The van der Waals surface area contributed by atoms with E-state index in [9.17, 15) is 13.2 Å². The molecule has 2 rings (SSSR count). The summed E-state index contributed by atoms with van der Waals surface area (Å²) in [5.41, 5.74) is 0.836. The maximum atomic E-state index is 12.6. The summed E-state index contributed by atoms with van der Waals surface area (Å²) in [6, 6.07) is 4.61. The summed E-state index contributed by atoms with van der Waals surface area (Å²) in [6.07, 6.45) is 0.869.